The molecule has 0 saturated carbocycles. The van der Waals surface area contributed by atoms with Gasteiger partial charge in [0.2, 0.25) is 5.82 Å². The highest BCUT2D eigenvalue weighted by atomic mass is 19.4. The molecule has 7 nitrogen and oxygen atoms in total. The summed E-state index contributed by atoms with van der Waals surface area (Å²) in [4.78, 5) is 19.6. The summed E-state index contributed by atoms with van der Waals surface area (Å²) >= 11 is 0. The van der Waals surface area contributed by atoms with Crippen molar-refractivity contribution in [1.29, 1.82) is 0 Å². The lowest BCUT2D eigenvalue weighted by molar-refractivity contribution is -0.274. The zero-order chi connectivity index (χ0) is 18.6. The average molecular weight is 365 g/mol. The van der Waals surface area contributed by atoms with Gasteiger partial charge < -0.3 is 14.0 Å². The van der Waals surface area contributed by atoms with Gasteiger partial charge in [-0.05, 0) is 36.4 Å². The molecule has 2 heterocycles. The van der Waals surface area contributed by atoms with Crippen LogP contribution in [0.4, 0.5) is 13.2 Å². The lowest BCUT2D eigenvalue weighted by atomic mass is 10.2. The van der Waals surface area contributed by atoms with Gasteiger partial charge in [-0.15, -0.1) is 13.2 Å². The molecule has 3 rings (SSSR count). The van der Waals surface area contributed by atoms with Crippen molar-refractivity contribution in [2.45, 2.75) is 13.0 Å². The molecule has 3 aromatic rings. The van der Waals surface area contributed by atoms with Crippen molar-refractivity contribution in [3.05, 3.63) is 60.2 Å². The fourth-order valence-corrected chi connectivity index (χ4v) is 1.93. The number of nitrogens with zero attached hydrogens (tertiary/aromatic N) is 3. The van der Waals surface area contributed by atoms with E-state index in [0.717, 1.165) is 12.1 Å². The summed E-state index contributed by atoms with van der Waals surface area (Å²) in [7, 11) is 0. The first-order valence-corrected chi connectivity index (χ1v) is 7.16. The van der Waals surface area contributed by atoms with E-state index in [1.54, 1.807) is 12.1 Å². The van der Waals surface area contributed by atoms with Crippen LogP contribution in [-0.2, 0) is 11.3 Å². The topological polar surface area (TPSA) is 87.3 Å². The molecule has 134 valence electrons. The van der Waals surface area contributed by atoms with Gasteiger partial charge in [0.05, 0.1) is 5.56 Å². The fraction of sp³-hybridized carbons (Fsp3) is 0.125. The van der Waals surface area contributed by atoms with Crippen molar-refractivity contribution in [2.75, 3.05) is 0 Å². The van der Waals surface area contributed by atoms with Crippen LogP contribution >= 0.6 is 0 Å². The molecule has 26 heavy (non-hydrogen) atoms. The molecule has 0 fully saturated rings. The van der Waals surface area contributed by atoms with Crippen LogP contribution in [0.25, 0.3) is 11.4 Å². The SMILES string of the molecule is O=C(OCc1nc(-c2ccc(OC(F)(F)F)cc2)no1)c1cccnc1. The van der Waals surface area contributed by atoms with Crippen LogP contribution in [0.1, 0.15) is 16.2 Å². The van der Waals surface area contributed by atoms with E-state index < -0.39 is 12.3 Å². The maximum Gasteiger partial charge on any atom is 0.573 e. The van der Waals surface area contributed by atoms with E-state index in [2.05, 4.69) is 19.9 Å². The van der Waals surface area contributed by atoms with Gasteiger partial charge in [0.25, 0.3) is 5.89 Å². The third kappa shape index (κ3) is 4.56. The van der Waals surface area contributed by atoms with Gasteiger partial charge in [0.1, 0.15) is 5.75 Å². The van der Waals surface area contributed by atoms with Gasteiger partial charge in [-0.1, -0.05) is 5.16 Å². The summed E-state index contributed by atoms with van der Waals surface area (Å²) in [5, 5.41) is 3.69. The van der Waals surface area contributed by atoms with Gasteiger partial charge in [-0.2, -0.15) is 4.98 Å². The monoisotopic (exact) mass is 365 g/mol. The number of hydrogen-bond acceptors (Lipinski definition) is 7. The molecule has 1 aromatic carbocycles. The van der Waals surface area contributed by atoms with Gasteiger partial charge in [-0.3, -0.25) is 4.98 Å². The zero-order valence-corrected chi connectivity index (χ0v) is 12.9. The van der Waals surface area contributed by atoms with E-state index in [4.69, 9.17) is 9.26 Å². The first-order chi connectivity index (χ1) is 12.4. The number of alkyl halides is 3. The zero-order valence-electron chi connectivity index (χ0n) is 12.9. The van der Waals surface area contributed by atoms with Crippen LogP contribution < -0.4 is 4.74 Å². The summed E-state index contributed by atoms with van der Waals surface area (Å²) < 4.78 is 50.1. The van der Waals surface area contributed by atoms with E-state index in [-0.39, 0.29) is 29.6 Å². The quantitative estimate of drug-likeness (QED) is 0.641. The van der Waals surface area contributed by atoms with Gasteiger partial charge in [0.15, 0.2) is 6.61 Å². The first kappa shape index (κ1) is 17.4. The van der Waals surface area contributed by atoms with E-state index in [1.165, 1.54) is 24.5 Å². The Kier molecular flexibility index (Phi) is 4.83. The summed E-state index contributed by atoms with van der Waals surface area (Å²) in [6, 6.07) is 8.07. The number of benzene rings is 1. The first-order valence-electron chi connectivity index (χ1n) is 7.16. The third-order valence-corrected chi connectivity index (χ3v) is 3.04. The van der Waals surface area contributed by atoms with Crippen LogP contribution in [0.3, 0.4) is 0 Å². The molecule has 0 amide bonds. The molecule has 0 aliphatic heterocycles. The van der Waals surface area contributed by atoms with E-state index in [1.807, 2.05) is 0 Å². The van der Waals surface area contributed by atoms with Crippen molar-refractivity contribution in [1.82, 2.24) is 15.1 Å². The second kappa shape index (κ2) is 7.21. The summed E-state index contributed by atoms with van der Waals surface area (Å²) in [5.41, 5.74) is 0.681. The van der Waals surface area contributed by atoms with Crippen LogP contribution in [0, 0.1) is 0 Å². The molecule has 0 bridgehead atoms. The molecule has 0 saturated heterocycles. The predicted octanol–water partition coefficient (Wildman–Crippen LogP) is 3.39. The second-order valence-corrected chi connectivity index (χ2v) is 4.90. The molecule has 0 atom stereocenters. The van der Waals surface area contributed by atoms with E-state index in [0.29, 0.717) is 5.56 Å². The number of carbonyl (C=O) groups excluding carboxylic acids is 1. The number of esters is 1. The normalized spacial score (nSPS) is 11.2. The lowest BCUT2D eigenvalue weighted by Crippen LogP contribution is -2.16. The molecular weight excluding hydrogens is 355 g/mol. The number of hydrogen-bond donors (Lipinski definition) is 0. The largest absolute Gasteiger partial charge is 0.573 e. The molecule has 0 aliphatic rings. The van der Waals surface area contributed by atoms with Crippen molar-refractivity contribution in [3.63, 3.8) is 0 Å². The molecule has 0 radical (unpaired) electrons. The molecule has 2 aromatic heterocycles. The molecular formula is C16H10F3N3O4. The van der Waals surface area contributed by atoms with Crippen molar-refractivity contribution < 1.29 is 32.0 Å². The van der Waals surface area contributed by atoms with Crippen LogP contribution in [-0.4, -0.2) is 27.5 Å². The molecule has 0 unspecified atom stereocenters. The number of rotatable bonds is 5. The van der Waals surface area contributed by atoms with Crippen LogP contribution in [0.5, 0.6) is 5.75 Å². The molecule has 0 spiro atoms. The maximum absolute atomic E-state index is 12.1. The standard InChI is InChI=1S/C16H10F3N3O4/c17-16(18,19)25-12-5-3-10(4-6-12)14-21-13(26-22-14)9-24-15(23)11-2-1-7-20-8-11/h1-8H,9H2. The minimum atomic E-state index is -4.76. The van der Waals surface area contributed by atoms with Crippen molar-refractivity contribution in [3.8, 4) is 17.1 Å². The van der Waals surface area contributed by atoms with E-state index >= 15 is 0 Å². The Morgan fingerprint density at radius 2 is 1.92 bits per heavy atom. The Labute approximate surface area is 144 Å². The van der Waals surface area contributed by atoms with Gasteiger partial charge in [-0.25, -0.2) is 4.79 Å². The highest BCUT2D eigenvalue weighted by Gasteiger charge is 2.31. The van der Waals surface area contributed by atoms with Crippen molar-refractivity contribution in [2.24, 2.45) is 0 Å². The maximum atomic E-state index is 12.1. The Bertz CT molecular complexity index is 880. The number of carbonyl (C=O) groups is 1. The highest BCUT2D eigenvalue weighted by Crippen LogP contribution is 2.25. The minimum Gasteiger partial charge on any atom is -0.452 e. The Morgan fingerprint density at radius 3 is 2.58 bits per heavy atom. The van der Waals surface area contributed by atoms with Crippen molar-refractivity contribution >= 4 is 5.97 Å². The Balaban J connectivity index is 1.62. The number of halogens is 3. The van der Waals surface area contributed by atoms with E-state index in [9.17, 15) is 18.0 Å². The van der Waals surface area contributed by atoms with Gasteiger partial charge in [0, 0.05) is 18.0 Å². The third-order valence-electron chi connectivity index (χ3n) is 3.04. The fourth-order valence-electron chi connectivity index (χ4n) is 1.93. The minimum absolute atomic E-state index is 0.0351. The van der Waals surface area contributed by atoms with Gasteiger partial charge >= 0.3 is 12.3 Å². The molecule has 10 heteroatoms. The second-order valence-electron chi connectivity index (χ2n) is 4.90. The van der Waals surface area contributed by atoms with Crippen LogP contribution in [0.15, 0.2) is 53.3 Å². The number of aromatic nitrogens is 3. The number of ether oxygens (including phenoxy) is 2. The van der Waals surface area contributed by atoms with Crippen LogP contribution in [0.2, 0.25) is 0 Å². The average Bonchev–Trinajstić information content (AvgIpc) is 3.09. The summed E-state index contributed by atoms with van der Waals surface area (Å²) in [5.74, 6) is -0.800. The summed E-state index contributed by atoms with van der Waals surface area (Å²) in [6.07, 6.45) is -1.89. The Morgan fingerprint density at radius 1 is 1.15 bits per heavy atom. The molecule has 0 N–H and O–H groups in total. The number of pyridine rings is 1. The Hall–Kier alpha value is -3.43. The summed E-state index contributed by atoms with van der Waals surface area (Å²) in [6.45, 7) is -0.254. The predicted molar refractivity (Wildman–Crippen MR) is 79.8 cm³/mol. The highest BCUT2D eigenvalue weighted by molar-refractivity contribution is 5.88. The molecule has 0 aliphatic carbocycles. The lowest BCUT2D eigenvalue weighted by Gasteiger charge is -2.08. The smallest absolute Gasteiger partial charge is 0.452 e.